The predicted molar refractivity (Wildman–Crippen MR) is 115 cm³/mol. The third-order valence-corrected chi connectivity index (χ3v) is 7.04. The van der Waals surface area contributed by atoms with Crippen molar-refractivity contribution < 1.29 is 19.1 Å². The van der Waals surface area contributed by atoms with Crippen LogP contribution in [0.3, 0.4) is 0 Å². The molecule has 3 aliphatic rings. The van der Waals surface area contributed by atoms with Gasteiger partial charge >= 0.3 is 0 Å². The van der Waals surface area contributed by atoms with Gasteiger partial charge in [-0.2, -0.15) is 0 Å². The van der Waals surface area contributed by atoms with Gasteiger partial charge in [-0.15, -0.1) is 0 Å². The number of hydrogen-bond donors (Lipinski definition) is 0. The molecule has 2 amide bonds. The molecule has 30 heavy (non-hydrogen) atoms. The SMILES string of the molecule is CC1=CC2CC1C1C(=O)N(c3ccc(OCC(=O)c4ccc(Br)cc4)cc3)C(=O)C21. The fourth-order valence-electron chi connectivity index (χ4n) is 5.09. The number of carbonyl (C=O) groups is 3. The van der Waals surface area contributed by atoms with Crippen LogP contribution in [0.25, 0.3) is 0 Å². The van der Waals surface area contributed by atoms with Gasteiger partial charge in [0.05, 0.1) is 17.5 Å². The summed E-state index contributed by atoms with van der Waals surface area (Å²) in [5.74, 6) is 0.160. The number of rotatable bonds is 5. The molecule has 1 saturated carbocycles. The Hall–Kier alpha value is -2.73. The number of amides is 2. The molecule has 2 aromatic carbocycles. The standard InChI is InChI=1S/C24H20BrNO4/c1-13-10-15-11-19(13)22-21(15)23(28)26(24(22)29)17-6-8-18(9-7-17)30-12-20(27)14-2-4-16(25)5-3-14/h2-10,15,19,21-22H,11-12H2,1H3. The number of hydrogen-bond acceptors (Lipinski definition) is 4. The lowest BCUT2D eigenvalue weighted by Gasteiger charge is -2.19. The third kappa shape index (κ3) is 3.01. The Bertz CT molecular complexity index is 1070. The Labute approximate surface area is 182 Å². The average Bonchev–Trinajstić information content (AvgIpc) is 3.38. The van der Waals surface area contributed by atoms with E-state index < -0.39 is 0 Å². The van der Waals surface area contributed by atoms with Crippen molar-refractivity contribution in [3.63, 3.8) is 0 Å². The van der Waals surface area contributed by atoms with Gasteiger partial charge < -0.3 is 4.74 Å². The van der Waals surface area contributed by atoms with Crippen LogP contribution in [0, 0.1) is 23.7 Å². The van der Waals surface area contributed by atoms with Crippen molar-refractivity contribution in [3.8, 4) is 5.75 Å². The second-order valence-electron chi connectivity index (χ2n) is 8.19. The summed E-state index contributed by atoms with van der Waals surface area (Å²) in [6.45, 7) is 1.98. The Morgan fingerprint density at radius 3 is 2.40 bits per heavy atom. The topological polar surface area (TPSA) is 63.7 Å². The Balaban J connectivity index is 1.27. The number of nitrogens with zero attached hydrogens (tertiary/aromatic N) is 1. The largest absolute Gasteiger partial charge is 0.485 e. The minimum Gasteiger partial charge on any atom is -0.485 e. The van der Waals surface area contributed by atoms with E-state index in [1.54, 1.807) is 36.4 Å². The van der Waals surface area contributed by atoms with E-state index in [0.29, 0.717) is 17.0 Å². The van der Waals surface area contributed by atoms with E-state index in [9.17, 15) is 14.4 Å². The van der Waals surface area contributed by atoms with E-state index in [1.807, 2.05) is 12.1 Å². The van der Waals surface area contributed by atoms with Gasteiger partial charge in [-0.1, -0.05) is 39.7 Å². The highest BCUT2D eigenvalue weighted by Gasteiger charge is 2.60. The number of allylic oxidation sites excluding steroid dienone is 2. The molecular weight excluding hydrogens is 446 g/mol. The first-order valence-electron chi connectivity index (χ1n) is 10.0. The van der Waals surface area contributed by atoms with Crippen LogP contribution in [0.15, 0.2) is 64.7 Å². The molecule has 5 nitrogen and oxygen atoms in total. The molecule has 2 bridgehead atoms. The number of Topliss-reactive ketones (excluding diaryl/α,β-unsaturated/α-hetero) is 1. The Morgan fingerprint density at radius 1 is 1.03 bits per heavy atom. The number of carbonyl (C=O) groups excluding carboxylic acids is 3. The zero-order chi connectivity index (χ0) is 21.0. The van der Waals surface area contributed by atoms with Crippen LogP contribution in [-0.4, -0.2) is 24.2 Å². The van der Waals surface area contributed by atoms with Crippen LogP contribution in [0.5, 0.6) is 5.75 Å². The number of ether oxygens (including phenoxy) is 1. The van der Waals surface area contributed by atoms with Crippen molar-refractivity contribution >= 4 is 39.2 Å². The van der Waals surface area contributed by atoms with Gasteiger partial charge in [0.1, 0.15) is 5.75 Å². The fraction of sp³-hybridized carbons (Fsp3) is 0.292. The smallest absolute Gasteiger partial charge is 0.238 e. The lowest BCUT2D eigenvalue weighted by molar-refractivity contribution is -0.123. The summed E-state index contributed by atoms with van der Waals surface area (Å²) in [7, 11) is 0. The van der Waals surface area contributed by atoms with E-state index in [0.717, 1.165) is 10.9 Å². The minimum absolute atomic E-state index is 0.0823. The summed E-state index contributed by atoms with van der Waals surface area (Å²) in [6.07, 6.45) is 3.09. The maximum atomic E-state index is 13.0. The first-order valence-corrected chi connectivity index (χ1v) is 10.8. The number of ketones is 1. The summed E-state index contributed by atoms with van der Waals surface area (Å²) in [4.78, 5) is 39.6. The van der Waals surface area contributed by atoms with Gasteiger partial charge in [0, 0.05) is 10.0 Å². The van der Waals surface area contributed by atoms with E-state index in [-0.39, 0.29) is 47.9 Å². The normalized spacial score (nSPS) is 26.7. The number of imide groups is 1. The third-order valence-electron chi connectivity index (χ3n) is 6.51. The van der Waals surface area contributed by atoms with Crippen LogP contribution >= 0.6 is 15.9 Å². The molecule has 4 unspecified atom stereocenters. The van der Waals surface area contributed by atoms with Crippen molar-refractivity contribution in [3.05, 3.63) is 70.2 Å². The maximum absolute atomic E-state index is 13.0. The molecule has 0 aromatic heterocycles. The lowest BCUT2D eigenvalue weighted by Crippen LogP contribution is -2.32. The van der Waals surface area contributed by atoms with Crippen LogP contribution in [0.1, 0.15) is 23.7 Å². The molecule has 2 fully saturated rings. The van der Waals surface area contributed by atoms with Crippen molar-refractivity contribution in [2.45, 2.75) is 13.3 Å². The van der Waals surface area contributed by atoms with Crippen LogP contribution in [0.2, 0.25) is 0 Å². The Kier molecular flexibility index (Phi) is 4.62. The summed E-state index contributed by atoms with van der Waals surface area (Å²) < 4.78 is 6.51. The molecule has 4 atom stereocenters. The Morgan fingerprint density at radius 2 is 1.70 bits per heavy atom. The number of benzene rings is 2. The summed E-state index contributed by atoms with van der Waals surface area (Å²) in [5, 5.41) is 0. The van der Waals surface area contributed by atoms with Crippen molar-refractivity contribution in [2.75, 3.05) is 11.5 Å². The van der Waals surface area contributed by atoms with Crippen molar-refractivity contribution in [2.24, 2.45) is 23.7 Å². The molecule has 6 heteroatoms. The quantitative estimate of drug-likeness (QED) is 0.372. The van der Waals surface area contributed by atoms with E-state index in [2.05, 4.69) is 28.9 Å². The minimum atomic E-state index is -0.217. The second-order valence-corrected chi connectivity index (χ2v) is 9.11. The van der Waals surface area contributed by atoms with Gasteiger partial charge in [0.25, 0.3) is 0 Å². The fourth-order valence-corrected chi connectivity index (χ4v) is 5.35. The first-order chi connectivity index (χ1) is 14.4. The summed E-state index contributed by atoms with van der Waals surface area (Å²) in [6, 6.07) is 13.9. The molecule has 2 aromatic rings. The number of anilines is 1. The lowest BCUT2D eigenvalue weighted by atomic mass is 9.82. The zero-order valence-electron chi connectivity index (χ0n) is 16.4. The van der Waals surface area contributed by atoms with Gasteiger partial charge in [0.15, 0.2) is 12.4 Å². The summed E-state index contributed by atoms with van der Waals surface area (Å²) >= 11 is 3.34. The first kappa shape index (κ1) is 19.2. The van der Waals surface area contributed by atoms with E-state index in [4.69, 9.17) is 4.74 Å². The average molecular weight is 466 g/mol. The molecule has 1 heterocycles. The molecule has 0 N–H and O–H groups in total. The maximum Gasteiger partial charge on any atom is 0.238 e. The molecule has 1 aliphatic heterocycles. The highest BCUT2D eigenvalue weighted by Crippen LogP contribution is 2.55. The van der Waals surface area contributed by atoms with Crippen molar-refractivity contribution in [1.29, 1.82) is 0 Å². The molecule has 2 aliphatic carbocycles. The van der Waals surface area contributed by atoms with E-state index in [1.165, 1.54) is 10.5 Å². The predicted octanol–water partition coefficient (Wildman–Crippen LogP) is 4.41. The highest BCUT2D eigenvalue weighted by molar-refractivity contribution is 9.10. The van der Waals surface area contributed by atoms with Crippen molar-refractivity contribution in [1.82, 2.24) is 0 Å². The van der Waals surface area contributed by atoms with Gasteiger partial charge in [-0.25, -0.2) is 0 Å². The number of halogens is 1. The van der Waals surface area contributed by atoms with Crippen LogP contribution < -0.4 is 9.64 Å². The molecular formula is C24H20BrNO4. The monoisotopic (exact) mass is 465 g/mol. The van der Waals surface area contributed by atoms with Crippen LogP contribution in [-0.2, 0) is 9.59 Å². The highest BCUT2D eigenvalue weighted by atomic mass is 79.9. The summed E-state index contributed by atoms with van der Waals surface area (Å²) in [5.41, 5.74) is 2.37. The molecule has 0 radical (unpaired) electrons. The van der Waals surface area contributed by atoms with Gasteiger partial charge in [0.2, 0.25) is 11.8 Å². The molecule has 1 saturated heterocycles. The zero-order valence-corrected chi connectivity index (χ0v) is 18.0. The van der Waals surface area contributed by atoms with Crippen LogP contribution in [0.4, 0.5) is 5.69 Å². The molecule has 0 spiro atoms. The molecule has 5 rings (SSSR count). The number of fused-ring (bicyclic) bond motifs is 5. The van der Waals surface area contributed by atoms with Gasteiger partial charge in [-0.05, 0) is 61.6 Å². The van der Waals surface area contributed by atoms with Gasteiger partial charge in [-0.3, -0.25) is 19.3 Å². The van der Waals surface area contributed by atoms with E-state index >= 15 is 0 Å². The second kappa shape index (κ2) is 7.20. The molecule has 152 valence electrons.